The molecule has 0 bridgehead atoms. The van der Waals surface area contributed by atoms with Crippen molar-refractivity contribution in [2.75, 3.05) is 10.6 Å². The Morgan fingerprint density at radius 1 is 1.35 bits per heavy atom. The van der Waals surface area contributed by atoms with E-state index in [1.54, 1.807) is 17.4 Å². The molecule has 1 heterocycles. The molecule has 4 N–H and O–H groups in total. The van der Waals surface area contributed by atoms with Gasteiger partial charge in [-0.15, -0.1) is 11.3 Å². The molecule has 1 unspecified atom stereocenters. The van der Waals surface area contributed by atoms with Crippen LogP contribution >= 0.6 is 11.3 Å². The summed E-state index contributed by atoms with van der Waals surface area (Å²) in [6.45, 7) is 6.14. The fourth-order valence-electron chi connectivity index (χ4n) is 2.09. The first kappa shape index (κ1) is 14.3. The van der Waals surface area contributed by atoms with Gasteiger partial charge in [0.1, 0.15) is 0 Å². The van der Waals surface area contributed by atoms with Gasteiger partial charge in [-0.2, -0.15) is 0 Å². The molecular formula is C14H18N4OS. The van der Waals surface area contributed by atoms with Crippen molar-refractivity contribution >= 4 is 28.7 Å². The van der Waals surface area contributed by atoms with Crippen LogP contribution in [-0.4, -0.2) is 11.0 Å². The van der Waals surface area contributed by atoms with Gasteiger partial charge in [0.2, 0.25) is 0 Å². The van der Waals surface area contributed by atoms with Crippen molar-refractivity contribution in [3.8, 4) is 0 Å². The number of amides is 2. The zero-order chi connectivity index (χ0) is 14.7. The van der Waals surface area contributed by atoms with Crippen LogP contribution < -0.4 is 16.4 Å². The molecule has 0 radical (unpaired) electrons. The lowest BCUT2D eigenvalue weighted by Gasteiger charge is -2.15. The van der Waals surface area contributed by atoms with Crippen LogP contribution in [0.1, 0.15) is 28.5 Å². The molecule has 0 aliphatic carbocycles. The number of hydrogen-bond donors (Lipinski definition) is 3. The number of aryl methyl sites for hydroxylation is 2. The summed E-state index contributed by atoms with van der Waals surface area (Å²) in [5.41, 5.74) is 7.75. The third-order valence-corrected chi connectivity index (χ3v) is 3.76. The Morgan fingerprint density at radius 3 is 2.65 bits per heavy atom. The Kier molecular flexibility index (Phi) is 4.24. The maximum absolute atomic E-state index is 10.9. The molecule has 2 amide bonds. The third kappa shape index (κ3) is 3.48. The average molecular weight is 290 g/mol. The van der Waals surface area contributed by atoms with E-state index in [4.69, 9.17) is 5.73 Å². The topological polar surface area (TPSA) is 80.0 Å². The summed E-state index contributed by atoms with van der Waals surface area (Å²) in [5.74, 6) is 0. The number of primary amides is 1. The lowest BCUT2D eigenvalue weighted by molar-refractivity contribution is 0.259. The molecule has 0 aliphatic heterocycles. The molecule has 0 spiro atoms. The van der Waals surface area contributed by atoms with Crippen molar-refractivity contribution in [1.29, 1.82) is 0 Å². The number of anilines is 2. The van der Waals surface area contributed by atoms with Crippen molar-refractivity contribution in [3.05, 3.63) is 39.8 Å². The third-order valence-electron chi connectivity index (χ3n) is 2.86. The minimum absolute atomic E-state index is 0.101. The van der Waals surface area contributed by atoms with E-state index in [1.165, 1.54) is 4.88 Å². The Morgan fingerprint density at radius 2 is 2.05 bits per heavy atom. The molecule has 0 saturated carbocycles. The van der Waals surface area contributed by atoms with Gasteiger partial charge in [-0.1, -0.05) is 6.07 Å². The van der Waals surface area contributed by atoms with Crippen LogP contribution in [0.3, 0.4) is 0 Å². The van der Waals surface area contributed by atoms with Crippen LogP contribution in [0.5, 0.6) is 0 Å². The van der Waals surface area contributed by atoms with E-state index in [1.807, 2.05) is 25.1 Å². The second-order valence-corrected chi connectivity index (χ2v) is 6.02. The van der Waals surface area contributed by atoms with Gasteiger partial charge in [0.05, 0.1) is 16.7 Å². The zero-order valence-corrected chi connectivity index (χ0v) is 12.5. The highest BCUT2D eigenvalue weighted by Crippen LogP contribution is 2.26. The number of carbonyl (C=O) groups is 1. The highest BCUT2D eigenvalue weighted by Gasteiger charge is 2.13. The predicted molar refractivity (Wildman–Crippen MR) is 83.3 cm³/mol. The number of nitrogens with one attached hydrogen (secondary N) is 2. The fraction of sp³-hybridized carbons (Fsp3) is 0.286. The first-order chi connectivity index (χ1) is 9.45. The second kappa shape index (κ2) is 5.92. The van der Waals surface area contributed by atoms with Gasteiger partial charge in [0, 0.05) is 16.3 Å². The highest BCUT2D eigenvalue weighted by molar-refractivity contribution is 7.11. The van der Waals surface area contributed by atoms with Gasteiger partial charge in [-0.25, -0.2) is 9.78 Å². The maximum Gasteiger partial charge on any atom is 0.316 e. The average Bonchev–Trinajstić information content (AvgIpc) is 2.68. The maximum atomic E-state index is 10.9. The van der Waals surface area contributed by atoms with Crippen LogP contribution in [0.2, 0.25) is 0 Å². The number of carbonyl (C=O) groups excluding carboxylic acids is 1. The van der Waals surface area contributed by atoms with Crippen molar-refractivity contribution in [1.82, 2.24) is 4.98 Å². The van der Waals surface area contributed by atoms with Gasteiger partial charge in [0.15, 0.2) is 0 Å². The lowest BCUT2D eigenvalue weighted by atomic mass is 10.2. The minimum atomic E-state index is -0.568. The van der Waals surface area contributed by atoms with E-state index >= 15 is 0 Å². The number of rotatable bonds is 4. The number of aromatic nitrogens is 1. The molecule has 6 heteroatoms. The summed E-state index contributed by atoms with van der Waals surface area (Å²) in [5, 5.41) is 7.00. The molecular weight excluding hydrogens is 272 g/mol. The zero-order valence-electron chi connectivity index (χ0n) is 11.7. The number of hydrogen-bond acceptors (Lipinski definition) is 4. The molecule has 5 nitrogen and oxygen atoms in total. The molecule has 1 aromatic heterocycles. The Balaban J connectivity index is 2.13. The number of nitrogens with two attached hydrogens (primary N) is 1. The van der Waals surface area contributed by atoms with Crippen molar-refractivity contribution in [2.24, 2.45) is 5.73 Å². The van der Waals surface area contributed by atoms with Crippen LogP contribution in [0, 0.1) is 13.8 Å². The summed E-state index contributed by atoms with van der Waals surface area (Å²) in [6.07, 6.45) is 0. The van der Waals surface area contributed by atoms with E-state index < -0.39 is 6.03 Å². The Hall–Kier alpha value is -2.08. The molecule has 20 heavy (non-hydrogen) atoms. The Bertz CT molecular complexity index is 623. The molecule has 1 aromatic carbocycles. The number of nitrogens with zero attached hydrogens (tertiary/aromatic N) is 1. The number of benzene rings is 1. The van der Waals surface area contributed by atoms with Crippen LogP contribution in [-0.2, 0) is 0 Å². The first-order valence-corrected chi connectivity index (χ1v) is 7.14. The summed E-state index contributed by atoms with van der Waals surface area (Å²) in [7, 11) is 0. The predicted octanol–water partition coefficient (Wildman–Crippen LogP) is 3.42. The van der Waals surface area contributed by atoms with Gasteiger partial charge in [-0.3, -0.25) is 0 Å². The molecule has 2 rings (SSSR count). The highest BCUT2D eigenvalue weighted by atomic mass is 32.1. The van der Waals surface area contributed by atoms with E-state index in [9.17, 15) is 4.79 Å². The second-order valence-electron chi connectivity index (χ2n) is 4.61. The first-order valence-electron chi connectivity index (χ1n) is 6.32. The smallest absolute Gasteiger partial charge is 0.316 e. The largest absolute Gasteiger partial charge is 0.377 e. The molecule has 0 fully saturated rings. The van der Waals surface area contributed by atoms with Crippen LogP contribution in [0.4, 0.5) is 16.2 Å². The van der Waals surface area contributed by atoms with Crippen molar-refractivity contribution in [2.45, 2.75) is 26.8 Å². The molecule has 0 saturated heterocycles. The summed E-state index contributed by atoms with van der Waals surface area (Å²) >= 11 is 1.70. The fourth-order valence-corrected chi connectivity index (χ4v) is 3.01. The van der Waals surface area contributed by atoms with Gasteiger partial charge >= 0.3 is 6.03 Å². The van der Waals surface area contributed by atoms with E-state index in [0.717, 1.165) is 16.4 Å². The Labute approximate surface area is 122 Å². The quantitative estimate of drug-likeness (QED) is 0.807. The summed E-state index contributed by atoms with van der Waals surface area (Å²) in [4.78, 5) is 16.6. The lowest BCUT2D eigenvalue weighted by Crippen LogP contribution is -2.19. The van der Waals surface area contributed by atoms with E-state index in [-0.39, 0.29) is 6.04 Å². The van der Waals surface area contributed by atoms with Crippen LogP contribution in [0.15, 0.2) is 24.3 Å². The number of thiazole rings is 1. The number of urea groups is 1. The van der Waals surface area contributed by atoms with Crippen molar-refractivity contribution in [3.63, 3.8) is 0 Å². The van der Waals surface area contributed by atoms with Crippen LogP contribution in [0.25, 0.3) is 0 Å². The normalized spacial score (nSPS) is 11.9. The summed E-state index contributed by atoms with van der Waals surface area (Å²) < 4.78 is 0. The molecule has 2 aromatic rings. The molecule has 0 aliphatic rings. The van der Waals surface area contributed by atoms with Gasteiger partial charge in [-0.05, 0) is 39.0 Å². The van der Waals surface area contributed by atoms with Crippen molar-refractivity contribution < 1.29 is 4.79 Å². The molecule has 106 valence electrons. The van der Waals surface area contributed by atoms with Gasteiger partial charge < -0.3 is 16.4 Å². The molecule has 1 atom stereocenters. The summed E-state index contributed by atoms with van der Waals surface area (Å²) in [6, 6.07) is 6.97. The van der Waals surface area contributed by atoms with Gasteiger partial charge in [0.25, 0.3) is 0 Å². The SMILES string of the molecule is Cc1nc(C(C)Nc2cccc(NC(N)=O)c2)c(C)s1. The standard InChI is InChI=1S/C14H18N4OS/c1-8(13-9(2)20-10(3)17-13)16-11-5-4-6-12(7-11)18-14(15)19/h4-8,16H,1-3H3,(H3,15,18,19). The van der Waals surface area contributed by atoms with E-state index in [0.29, 0.717) is 5.69 Å². The monoisotopic (exact) mass is 290 g/mol. The minimum Gasteiger partial charge on any atom is -0.377 e. The van der Waals surface area contributed by atoms with E-state index in [2.05, 4.69) is 29.5 Å².